The fourth-order valence-corrected chi connectivity index (χ4v) is 2.17. The second kappa shape index (κ2) is 5.69. The van der Waals surface area contributed by atoms with Crippen molar-refractivity contribution in [1.29, 1.82) is 0 Å². The quantitative estimate of drug-likeness (QED) is 0.753. The molecule has 1 amide bonds. The van der Waals surface area contributed by atoms with Crippen LogP contribution in [0.4, 0.5) is 5.69 Å². The highest BCUT2D eigenvalue weighted by molar-refractivity contribution is 6.08. The summed E-state index contributed by atoms with van der Waals surface area (Å²) in [7, 11) is 1.31. The van der Waals surface area contributed by atoms with Gasteiger partial charge in [0.15, 0.2) is 0 Å². The lowest BCUT2D eigenvalue weighted by atomic mass is 10.2. The molecule has 3 aromatic rings. The van der Waals surface area contributed by atoms with E-state index in [4.69, 9.17) is 0 Å². The summed E-state index contributed by atoms with van der Waals surface area (Å²) in [4.78, 5) is 28.1. The maximum Gasteiger partial charge on any atom is 0.337 e. The van der Waals surface area contributed by atoms with E-state index in [-0.39, 0.29) is 5.91 Å². The van der Waals surface area contributed by atoms with E-state index in [2.05, 4.69) is 15.0 Å². The van der Waals surface area contributed by atoms with E-state index in [1.165, 1.54) is 7.11 Å². The molecule has 0 saturated carbocycles. The van der Waals surface area contributed by atoms with E-state index in [1.807, 2.05) is 6.20 Å². The Morgan fingerprint density at radius 1 is 1.18 bits per heavy atom. The Kier molecular flexibility index (Phi) is 3.57. The molecular weight excluding hydrogens is 282 g/mol. The maximum atomic E-state index is 12.4. The van der Waals surface area contributed by atoms with Gasteiger partial charge in [-0.2, -0.15) is 0 Å². The van der Waals surface area contributed by atoms with Crippen molar-refractivity contribution in [3.8, 4) is 0 Å². The molecule has 110 valence electrons. The zero-order chi connectivity index (χ0) is 15.5. The summed E-state index contributed by atoms with van der Waals surface area (Å²) < 4.78 is 6.43. The highest BCUT2D eigenvalue weighted by atomic mass is 16.5. The minimum absolute atomic E-state index is 0.293. The van der Waals surface area contributed by atoms with Crippen molar-refractivity contribution in [3.63, 3.8) is 0 Å². The van der Waals surface area contributed by atoms with Gasteiger partial charge in [-0.1, -0.05) is 6.07 Å². The molecule has 1 N–H and O–H groups in total. The third kappa shape index (κ3) is 2.54. The second-order valence-corrected chi connectivity index (χ2v) is 4.61. The molecule has 0 bridgehead atoms. The first-order valence-electron chi connectivity index (χ1n) is 6.60. The lowest BCUT2D eigenvalue weighted by Crippen LogP contribution is -2.14. The van der Waals surface area contributed by atoms with E-state index in [0.717, 1.165) is 0 Å². The smallest absolute Gasteiger partial charge is 0.337 e. The Balaban J connectivity index is 1.88. The van der Waals surface area contributed by atoms with Crippen molar-refractivity contribution in [1.82, 2.24) is 9.38 Å². The Morgan fingerprint density at radius 3 is 2.86 bits per heavy atom. The van der Waals surface area contributed by atoms with E-state index in [9.17, 15) is 9.59 Å². The summed E-state index contributed by atoms with van der Waals surface area (Å²) in [5, 5.41) is 2.76. The molecular formula is C16H13N3O3. The minimum atomic E-state index is -0.452. The van der Waals surface area contributed by atoms with Crippen molar-refractivity contribution in [3.05, 3.63) is 66.1 Å². The van der Waals surface area contributed by atoms with Gasteiger partial charge in [-0.05, 0) is 30.3 Å². The number of nitrogens with one attached hydrogen (secondary N) is 1. The third-order valence-corrected chi connectivity index (χ3v) is 3.21. The zero-order valence-corrected chi connectivity index (χ0v) is 11.8. The Morgan fingerprint density at radius 2 is 2.05 bits per heavy atom. The van der Waals surface area contributed by atoms with Gasteiger partial charge < -0.3 is 14.5 Å². The number of pyridine rings is 1. The van der Waals surface area contributed by atoms with Crippen LogP contribution in [0.15, 0.2) is 55.0 Å². The molecule has 0 radical (unpaired) electrons. The standard InChI is InChI=1S/C16H13N3O3/c1-22-16(21)11-4-2-5-12(10-11)18-15(20)13-6-3-8-19-9-7-17-14(13)19/h2-10H,1H3,(H,18,20). The number of carbonyl (C=O) groups excluding carboxylic acids is 2. The summed E-state index contributed by atoms with van der Waals surface area (Å²) in [6, 6.07) is 10.0. The van der Waals surface area contributed by atoms with E-state index in [1.54, 1.807) is 53.2 Å². The number of aromatic nitrogens is 2. The van der Waals surface area contributed by atoms with Crippen LogP contribution < -0.4 is 5.32 Å². The molecule has 0 aliphatic carbocycles. The maximum absolute atomic E-state index is 12.4. The van der Waals surface area contributed by atoms with Crippen molar-refractivity contribution in [2.24, 2.45) is 0 Å². The van der Waals surface area contributed by atoms with Crippen LogP contribution in [-0.4, -0.2) is 28.4 Å². The topological polar surface area (TPSA) is 72.7 Å². The molecule has 1 aromatic carbocycles. The fraction of sp³-hybridized carbons (Fsp3) is 0.0625. The summed E-state index contributed by atoms with van der Waals surface area (Å²) >= 11 is 0. The lowest BCUT2D eigenvalue weighted by Gasteiger charge is -2.07. The van der Waals surface area contributed by atoms with Gasteiger partial charge in [0, 0.05) is 24.3 Å². The number of carbonyl (C=O) groups is 2. The Bertz CT molecular complexity index is 854. The number of imidazole rings is 1. The number of methoxy groups -OCH3 is 1. The third-order valence-electron chi connectivity index (χ3n) is 3.21. The van der Waals surface area contributed by atoms with Gasteiger partial charge in [0.2, 0.25) is 0 Å². The average Bonchev–Trinajstić information content (AvgIpc) is 3.02. The Labute approximate surface area is 126 Å². The number of benzene rings is 1. The van der Waals surface area contributed by atoms with Crippen molar-refractivity contribution >= 4 is 23.2 Å². The van der Waals surface area contributed by atoms with Gasteiger partial charge in [0.05, 0.1) is 18.2 Å². The van der Waals surface area contributed by atoms with Gasteiger partial charge in [-0.15, -0.1) is 0 Å². The van der Waals surface area contributed by atoms with E-state index < -0.39 is 5.97 Å². The number of amides is 1. The number of rotatable bonds is 3. The van der Waals surface area contributed by atoms with Gasteiger partial charge in [-0.25, -0.2) is 9.78 Å². The Hall–Kier alpha value is -3.15. The number of hydrogen-bond acceptors (Lipinski definition) is 4. The molecule has 2 heterocycles. The summed E-state index contributed by atoms with van der Waals surface area (Å²) in [5.74, 6) is -0.745. The van der Waals surface area contributed by atoms with Gasteiger partial charge in [0.25, 0.3) is 5.91 Å². The molecule has 0 unspecified atom stereocenters. The largest absolute Gasteiger partial charge is 0.465 e. The van der Waals surface area contributed by atoms with Crippen molar-refractivity contribution in [2.75, 3.05) is 12.4 Å². The van der Waals surface area contributed by atoms with E-state index >= 15 is 0 Å². The van der Waals surface area contributed by atoms with Crippen LogP contribution in [0.5, 0.6) is 0 Å². The van der Waals surface area contributed by atoms with Crippen LogP contribution in [0.2, 0.25) is 0 Å². The van der Waals surface area contributed by atoms with Gasteiger partial charge >= 0.3 is 5.97 Å². The molecule has 0 spiro atoms. The SMILES string of the molecule is COC(=O)c1cccc(NC(=O)c2cccn3ccnc23)c1. The molecule has 6 nitrogen and oxygen atoms in total. The fourth-order valence-electron chi connectivity index (χ4n) is 2.17. The molecule has 3 rings (SSSR count). The highest BCUT2D eigenvalue weighted by Gasteiger charge is 2.12. The van der Waals surface area contributed by atoms with Crippen LogP contribution in [0.1, 0.15) is 20.7 Å². The monoisotopic (exact) mass is 295 g/mol. The highest BCUT2D eigenvalue weighted by Crippen LogP contribution is 2.15. The van der Waals surface area contributed by atoms with Crippen molar-refractivity contribution < 1.29 is 14.3 Å². The molecule has 0 saturated heterocycles. The predicted octanol–water partition coefficient (Wildman–Crippen LogP) is 2.37. The number of fused-ring (bicyclic) bond motifs is 1. The summed E-state index contributed by atoms with van der Waals surface area (Å²) in [6.07, 6.45) is 5.21. The second-order valence-electron chi connectivity index (χ2n) is 4.61. The first kappa shape index (κ1) is 13.8. The molecule has 22 heavy (non-hydrogen) atoms. The molecule has 0 aliphatic rings. The van der Waals surface area contributed by atoms with Gasteiger partial charge in [0.1, 0.15) is 5.65 Å². The van der Waals surface area contributed by atoms with Crippen molar-refractivity contribution in [2.45, 2.75) is 0 Å². The zero-order valence-electron chi connectivity index (χ0n) is 11.8. The van der Waals surface area contributed by atoms with Crippen LogP contribution in [0, 0.1) is 0 Å². The number of anilines is 1. The number of ether oxygens (including phenoxy) is 1. The minimum Gasteiger partial charge on any atom is -0.465 e. The first-order valence-corrected chi connectivity index (χ1v) is 6.60. The van der Waals surface area contributed by atoms with Crippen LogP contribution in [-0.2, 0) is 4.74 Å². The van der Waals surface area contributed by atoms with Crippen LogP contribution >= 0.6 is 0 Å². The molecule has 2 aromatic heterocycles. The molecule has 0 aliphatic heterocycles. The number of esters is 1. The molecule has 6 heteroatoms. The number of nitrogens with zero attached hydrogens (tertiary/aromatic N) is 2. The van der Waals surface area contributed by atoms with Gasteiger partial charge in [-0.3, -0.25) is 4.79 Å². The number of hydrogen-bond donors (Lipinski definition) is 1. The van der Waals surface area contributed by atoms with Crippen LogP contribution in [0.25, 0.3) is 5.65 Å². The normalized spacial score (nSPS) is 10.4. The predicted molar refractivity (Wildman–Crippen MR) is 80.9 cm³/mol. The average molecular weight is 295 g/mol. The lowest BCUT2D eigenvalue weighted by molar-refractivity contribution is 0.0600. The summed E-state index contributed by atoms with van der Waals surface area (Å²) in [5.41, 5.74) is 1.92. The summed E-state index contributed by atoms with van der Waals surface area (Å²) in [6.45, 7) is 0. The first-order chi connectivity index (χ1) is 10.7. The van der Waals surface area contributed by atoms with Crippen LogP contribution in [0.3, 0.4) is 0 Å². The molecule has 0 atom stereocenters. The van der Waals surface area contributed by atoms with E-state index in [0.29, 0.717) is 22.5 Å². The molecule has 0 fully saturated rings.